The van der Waals surface area contributed by atoms with E-state index in [1.54, 1.807) is 35.5 Å². The van der Waals surface area contributed by atoms with Crippen LogP contribution in [0.3, 0.4) is 0 Å². The lowest BCUT2D eigenvalue weighted by atomic mass is 10.0. The molecule has 1 fully saturated rings. The molecule has 1 aliphatic heterocycles. The number of pyridine rings is 1. The van der Waals surface area contributed by atoms with Crippen LogP contribution in [0, 0.1) is 0 Å². The van der Waals surface area contributed by atoms with Crippen molar-refractivity contribution in [2.24, 2.45) is 0 Å². The number of rotatable bonds is 6. The van der Waals surface area contributed by atoms with Crippen LogP contribution in [0.5, 0.6) is 0 Å². The number of nitrogens with one attached hydrogen (secondary N) is 1. The smallest absolute Gasteiger partial charge is 0.251 e. The molecule has 0 bridgehead atoms. The van der Waals surface area contributed by atoms with E-state index < -0.39 is 0 Å². The summed E-state index contributed by atoms with van der Waals surface area (Å²) in [7, 11) is 0. The molecule has 26 heavy (non-hydrogen) atoms. The Hall–Kier alpha value is -2.95. The van der Waals surface area contributed by atoms with Crippen LogP contribution in [0.2, 0.25) is 0 Å². The SMILES string of the molecule is C=CCC(NC(=O)c1ccc(N2CCCCC2=O)cc1)c1ccncc1. The number of hydrogen-bond acceptors (Lipinski definition) is 3. The van der Waals surface area contributed by atoms with E-state index in [1.165, 1.54) is 0 Å². The molecular formula is C21H23N3O2. The third-order valence-corrected chi connectivity index (χ3v) is 4.58. The van der Waals surface area contributed by atoms with Crippen molar-refractivity contribution >= 4 is 17.5 Å². The molecule has 2 amide bonds. The highest BCUT2D eigenvalue weighted by Gasteiger charge is 2.20. The number of amides is 2. The largest absolute Gasteiger partial charge is 0.345 e. The Bertz CT molecular complexity index is 772. The van der Waals surface area contributed by atoms with E-state index in [-0.39, 0.29) is 17.9 Å². The lowest BCUT2D eigenvalue weighted by Crippen LogP contribution is -2.35. The lowest BCUT2D eigenvalue weighted by molar-refractivity contribution is -0.119. The van der Waals surface area contributed by atoms with Gasteiger partial charge in [-0.1, -0.05) is 6.08 Å². The minimum absolute atomic E-state index is 0.147. The summed E-state index contributed by atoms with van der Waals surface area (Å²) in [6.45, 7) is 4.52. The van der Waals surface area contributed by atoms with Crippen molar-refractivity contribution < 1.29 is 9.59 Å². The van der Waals surface area contributed by atoms with Crippen LogP contribution in [-0.2, 0) is 4.79 Å². The predicted molar refractivity (Wildman–Crippen MR) is 102 cm³/mol. The maximum absolute atomic E-state index is 12.6. The zero-order valence-corrected chi connectivity index (χ0v) is 14.7. The first-order valence-electron chi connectivity index (χ1n) is 8.91. The zero-order valence-electron chi connectivity index (χ0n) is 14.7. The first kappa shape index (κ1) is 17.9. The third kappa shape index (κ3) is 4.17. The van der Waals surface area contributed by atoms with Gasteiger partial charge >= 0.3 is 0 Å². The summed E-state index contributed by atoms with van der Waals surface area (Å²) < 4.78 is 0. The van der Waals surface area contributed by atoms with Crippen molar-refractivity contribution in [2.75, 3.05) is 11.4 Å². The zero-order chi connectivity index (χ0) is 18.4. The predicted octanol–water partition coefficient (Wildman–Crippen LogP) is 3.65. The number of anilines is 1. The Morgan fingerprint density at radius 1 is 1.19 bits per heavy atom. The first-order valence-corrected chi connectivity index (χ1v) is 8.91. The monoisotopic (exact) mass is 349 g/mol. The number of hydrogen-bond donors (Lipinski definition) is 1. The molecule has 2 heterocycles. The number of benzene rings is 1. The molecule has 1 atom stereocenters. The molecule has 0 spiro atoms. The van der Waals surface area contributed by atoms with E-state index in [2.05, 4.69) is 16.9 Å². The van der Waals surface area contributed by atoms with Gasteiger partial charge in [0.2, 0.25) is 5.91 Å². The van der Waals surface area contributed by atoms with Gasteiger partial charge in [0.1, 0.15) is 0 Å². The highest BCUT2D eigenvalue weighted by atomic mass is 16.2. The fraction of sp³-hybridized carbons (Fsp3) is 0.286. The van der Waals surface area contributed by atoms with Gasteiger partial charge in [-0.2, -0.15) is 0 Å². The van der Waals surface area contributed by atoms with Crippen molar-refractivity contribution in [3.05, 3.63) is 72.6 Å². The van der Waals surface area contributed by atoms with E-state index in [1.807, 2.05) is 24.3 Å². The first-order chi connectivity index (χ1) is 12.7. The molecule has 5 heteroatoms. The second kappa shape index (κ2) is 8.43. The Labute approximate surface area is 153 Å². The third-order valence-electron chi connectivity index (χ3n) is 4.58. The molecule has 0 aliphatic carbocycles. The topological polar surface area (TPSA) is 62.3 Å². The molecule has 1 aliphatic rings. The summed E-state index contributed by atoms with van der Waals surface area (Å²) in [5.74, 6) is 0.00219. The van der Waals surface area contributed by atoms with Gasteiger partial charge in [-0.15, -0.1) is 6.58 Å². The average Bonchev–Trinajstić information content (AvgIpc) is 2.69. The van der Waals surface area contributed by atoms with E-state index in [4.69, 9.17) is 0 Å². The number of aromatic nitrogens is 1. The van der Waals surface area contributed by atoms with Gasteiger partial charge in [0.05, 0.1) is 6.04 Å². The van der Waals surface area contributed by atoms with Crippen LogP contribution in [0.25, 0.3) is 0 Å². The standard InChI is InChI=1S/C21H23N3O2/c1-2-5-19(16-11-13-22-14-12-16)23-21(26)17-7-9-18(10-8-17)24-15-4-3-6-20(24)25/h2,7-14,19H,1,3-6,15H2,(H,23,26). The summed E-state index contributed by atoms with van der Waals surface area (Å²) in [6, 6.07) is 10.8. The van der Waals surface area contributed by atoms with Crippen LogP contribution in [0.4, 0.5) is 5.69 Å². The number of carbonyl (C=O) groups is 2. The number of piperidine rings is 1. The highest BCUT2D eigenvalue weighted by Crippen LogP contribution is 2.22. The molecule has 1 aromatic heterocycles. The Balaban J connectivity index is 1.71. The van der Waals surface area contributed by atoms with Gasteiger partial charge < -0.3 is 10.2 Å². The molecule has 134 valence electrons. The fourth-order valence-electron chi connectivity index (χ4n) is 3.15. The van der Waals surface area contributed by atoms with Gasteiger partial charge in [0.15, 0.2) is 0 Å². The minimum atomic E-state index is -0.148. The van der Waals surface area contributed by atoms with Crippen LogP contribution >= 0.6 is 0 Å². The van der Waals surface area contributed by atoms with Crippen molar-refractivity contribution in [3.63, 3.8) is 0 Å². The molecule has 5 nitrogen and oxygen atoms in total. The van der Waals surface area contributed by atoms with Crippen LogP contribution < -0.4 is 10.2 Å². The Kier molecular flexibility index (Phi) is 5.79. The summed E-state index contributed by atoms with van der Waals surface area (Å²) in [5.41, 5.74) is 2.41. The molecule has 0 saturated carbocycles. The van der Waals surface area contributed by atoms with E-state index in [0.717, 1.165) is 30.6 Å². The molecule has 0 radical (unpaired) electrons. The van der Waals surface area contributed by atoms with Gasteiger partial charge in [-0.3, -0.25) is 14.6 Å². The Morgan fingerprint density at radius 3 is 2.58 bits per heavy atom. The summed E-state index contributed by atoms with van der Waals surface area (Å²) >= 11 is 0. The number of nitrogens with zero attached hydrogens (tertiary/aromatic N) is 2. The van der Waals surface area contributed by atoms with Crippen LogP contribution in [0.1, 0.15) is 47.6 Å². The summed E-state index contributed by atoms with van der Waals surface area (Å²) in [6.07, 6.45) is 8.41. The molecule has 1 saturated heterocycles. The molecule has 3 rings (SSSR count). The maximum atomic E-state index is 12.6. The van der Waals surface area contributed by atoms with Crippen LogP contribution in [-0.4, -0.2) is 23.3 Å². The van der Waals surface area contributed by atoms with E-state index in [9.17, 15) is 9.59 Å². The highest BCUT2D eigenvalue weighted by molar-refractivity contribution is 5.97. The second-order valence-corrected chi connectivity index (χ2v) is 6.38. The molecule has 2 aromatic rings. The second-order valence-electron chi connectivity index (χ2n) is 6.38. The Morgan fingerprint density at radius 2 is 1.92 bits per heavy atom. The maximum Gasteiger partial charge on any atom is 0.251 e. The number of carbonyl (C=O) groups excluding carboxylic acids is 2. The summed E-state index contributed by atoms with van der Waals surface area (Å²) in [5, 5.41) is 3.04. The van der Waals surface area contributed by atoms with Crippen LogP contribution in [0.15, 0.2) is 61.4 Å². The van der Waals surface area contributed by atoms with E-state index in [0.29, 0.717) is 18.4 Å². The van der Waals surface area contributed by atoms with Gasteiger partial charge in [0.25, 0.3) is 5.91 Å². The quantitative estimate of drug-likeness (QED) is 0.810. The summed E-state index contributed by atoms with van der Waals surface area (Å²) in [4.78, 5) is 30.4. The van der Waals surface area contributed by atoms with Gasteiger partial charge in [-0.05, 0) is 61.2 Å². The van der Waals surface area contributed by atoms with Crippen molar-refractivity contribution in [3.8, 4) is 0 Å². The van der Waals surface area contributed by atoms with Crippen molar-refractivity contribution in [1.82, 2.24) is 10.3 Å². The molecule has 1 aromatic carbocycles. The lowest BCUT2D eigenvalue weighted by Gasteiger charge is -2.27. The normalized spacial score (nSPS) is 15.4. The van der Waals surface area contributed by atoms with Gasteiger partial charge in [-0.25, -0.2) is 0 Å². The van der Waals surface area contributed by atoms with Gasteiger partial charge in [0, 0.05) is 36.6 Å². The van der Waals surface area contributed by atoms with Crippen molar-refractivity contribution in [2.45, 2.75) is 31.7 Å². The van der Waals surface area contributed by atoms with Crippen molar-refractivity contribution in [1.29, 1.82) is 0 Å². The van der Waals surface area contributed by atoms with E-state index >= 15 is 0 Å². The molecular weight excluding hydrogens is 326 g/mol. The average molecular weight is 349 g/mol. The minimum Gasteiger partial charge on any atom is -0.345 e. The molecule has 1 unspecified atom stereocenters. The molecule has 1 N–H and O–H groups in total. The fourth-order valence-corrected chi connectivity index (χ4v) is 3.15.